The maximum absolute atomic E-state index is 13.3. The molecule has 3 aromatic carbocycles. The van der Waals surface area contributed by atoms with E-state index in [4.69, 9.17) is 5.11 Å². The number of hydrogen-bond donors (Lipinski definition) is 4. The molecule has 1 atom stereocenters. The summed E-state index contributed by atoms with van der Waals surface area (Å²) in [6.07, 6.45) is 5.27. The Morgan fingerprint density at radius 1 is 0.857 bits per heavy atom. The molecule has 4 aromatic rings. The average molecular weight is 581 g/mol. The fourth-order valence-corrected chi connectivity index (χ4v) is 4.83. The number of carboxylic acids is 1. The Kier molecular flexibility index (Phi) is 10.2. The third-order valence-corrected chi connectivity index (χ3v) is 7.32. The summed E-state index contributed by atoms with van der Waals surface area (Å²) in [6.45, 7) is 1.89. The Balaban J connectivity index is 1.46. The number of pyridine rings is 1. The monoisotopic (exact) mass is 580 g/mol. The number of anilines is 2. The normalized spacial score (nSPS) is 11.7. The molecule has 42 heavy (non-hydrogen) atoms. The van der Waals surface area contributed by atoms with Crippen molar-refractivity contribution in [3.8, 4) is 0 Å². The van der Waals surface area contributed by atoms with Gasteiger partial charge in [-0.25, -0.2) is 4.79 Å². The number of carbonyl (C=O) groups is 4. The Hall–Kier alpha value is -5.22. The van der Waals surface area contributed by atoms with Gasteiger partial charge in [0.1, 0.15) is 5.70 Å². The van der Waals surface area contributed by atoms with Crippen molar-refractivity contribution >= 4 is 52.9 Å². The fourth-order valence-electron chi connectivity index (χ4n) is 3.82. The summed E-state index contributed by atoms with van der Waals surface area (Å²) < 4.78 is 0. The van der Waals surface area contributed by atoms with Crippen LogP contribution in [0.5, 0.6) is 0 Å². The number of thioether (sulfide) groups is 1. The van der Waals surface area contributed by atoms with Crippen molar-refractivity contribution in [2.24, 2.45) is 0 Å². The lowest BCUT2D eigenvalue weighted by atomic mass is 10.2. The van der Waals surface area contributed by atoms with Gasteiger partial charge in [0.2, 0.25) is 5.91 Å². The molecule has 0 aliphatic rings. The first-order valence-corrected chi connectivity index (χ1v) is 13.9. The Morgan fingerprint density at radius 2 is 1.62 bits per heavy atom. The average Bonchev–Trinajstić information content (AvgIpc) is 3.00. The van der Waals surface area contributed by atoms with Gasteiger partial charge in [0, 0.05) is 34.2 Å². The molecule has 0 aliphatic carbocycles. The molecule has 1 aromatic heterocycles. The zero-order chi connectivity index (χ0) is 29.9. The number of aromatic nitrogens is 1. The van der Waals surface area contributed by atoms with Gasteiger partial charge in [-0.3, -0.25) is 19.4 Å². The van der Waals surface area contributed by atoms with E-state index in [0.29, 0.717) is 28.9 Å². The fraction of sp³-hybridized carbons (Fsp3) is 0.0938. The van der Waals surface area contributed by atoms with Crippen LogP contribution >= 0.6 is 11.8 Å². The van der Waals surface area contributed by atoms with E-state index in [2.05, 4.69) is 20.9 Å². The number of carbonyl (C=O) groups excluding carboxylic acids is 3. The minimum absolute atomic E-state index is 0.0367. The maximum Gasteiger partial charge on any atom is 0.335 e. The molecule has 0 fully saturated rings. The lowest BCUT2D eigenvalue weighted by Gasteiger charge is -2.16. The van der Waals surface area contributed by atoms with Crippen molar-refractivity contribution in [1.82, 2.24) is 10.3 Å². The van der Waals surface area contributed by atoms with Gasteiger partial charge in [-0.1, -0.05) is 37.3 Å². The summed E-state index contributed by atoms with van der Waals surface area (Å²) in [6, 6.07) is 25.1. The zero-order valence-corrected chi connectivity index (χ0v) is 23.4. The first-order valence-electron chi connectivity index (χ1n) is 13.0. The molecule has 10 heteroatoms. The van der Waals surface area contributed by atoms with Gasteiger partial charge in [0.25, 0.3) is 11.8 Å². The molecule has 0 saturated carbocycles. The highest BCUT2D eigenvalue weighted by atomic mass is 32.2. The van der Waals surface area contributed by atoms with Crippen molar-refractivity contribution in [3.05, 3.63) is 126 Å². The number of nitrogens with zero attached hydrogens (tertiary/aromatic N) is 1. The maximum atomic E-state index is 13.3. The summed E-state index contributed by atoms with van der Waals surface area (Å²) in [5, 5.41) is 17.0. The van der Waals surface area contributed by atoms with Crippen LogP contribution < -0.4 is 16.0 Å². The van der Waals surface area contributed by atoms with Crippen LogP contribution in [0.1, 0.15) is 39.6 Å². The Labute approximate surface area is 247 Å². The van der Waals surface area contributed by atoms with Gasteiger partial charge in [0.05, 0.1) is 10.8 Å². The van der Waals surface area contributed by atoms with E-state index in [9.17, 15) is 19.2 Å². The highest BCUT2D eigenvalue weighted by Crippen LogP contribution is 2.29. The van der Waals surface area contributed by atoms with Gasteiger partial charge in [-0.05, 0) is 78.7 Å². The minimum atomic E-state index is -1.04. The number of hydrogen-bond acceptors (Lipinski definition) is 6. The summed E-state index contributed by atoms with van der Waals surface area (Å²) in [7, 11) is 0. The Morgan fingerprint density at radius 3 is 2.29 bits per heavy atom. The standard InChI is InChI=1S/C32H28N4O5S/c1-2-28(31(39)34-24-15-13-23(14-16-24)32(40)41)42-26-12-6-11-25(19-26)35-30(38)27(18-21-8-7-17-33-20-21)36-29(37)22-9-4-3-5-10-22/h3-20,28H,2H2,1H3,(H,34,39)(H,35,38)(H,36,37)(H,40,41)/b27-18-. The van der Waals surface area contributed by atoms with Crippen LogP contribution in [-0.4, -0.2) is 39.0 Å². The van der Waals surface area contributed by atoms with Crippen LogP contribution in [-0.2, 0) is 9.59 Å². The molecule has 0 radical (unpaired) electrons. The van der Waals surface area contributed by atoms with E-state index in [1.807, 2.05) is 13.0 Å². The second kappa shape index (κ2) is 14.4. The van der Waals surface area contributed by atoms with E-state index >= 15 is 0 Å². The van der Waals surface area contributed by atoms with Crippen LogP contribution in [0.4, 0.5) is 11.4 Å². The van der Waals surface area contributed by atoms with E-state index in [0.717, 1.165) is 4.90 Å². The highest BCUT2D eigenvalue weighted by Gasteiger charge is 2.20. The summed E-state index contributed by atoms with van der Waals surface area (Å²) >= 11 is 1.33. The third kappa shape index (κ3) is 8.39. The second-order valence-corrected chi connectivity index (χ2v) is 10.3. The van der Waals surface area contributed by atoms with E-state index in [1.165, 1.54) is 23.9 Å². The first kappa shape index (κ1) is 29.8. The minimum Gasteiger partial charge on any atom is -0.478 e. The van der Waals surface area contributed by atoms with Crippen molar-refractivity contribution in [2.45, 2.75) is 23.5 Å². The molecule has 0 bridgehead atoms. The van der Waals surface area contributed by atoms with E-state index in [1.54, 1.807) is 91.3 Å². The second-order valence-electron chi connectivity index (χ2n) is 9.03. The van der Waals surface area contributed by atoms with Crippen molar-refractivity contribution in [2.75, 3.05) is 10.6 Å². The number of benzene rings is 3. The largest absolute Gasteiger partial charge is 0.478 e. The van der Waals surface area contributed by atoms with Gasteiger partial charge in [-0.2, -0.15) is 0 Å². The third-order valence-electron chi connectivity index (χ3n) is 5.96. The first-order chi connectivity index (χ1) is 20.3. The molecule has 1 unspecified atom stereocenters. The molecule has 4 rings (SSSR count). The molecule has 212 valence electrons. The van der Waals surface area contributed by atoms with Gasteiger partial charge in [0.15, 0.2) is 0 Å². The van der Waals surface area contributed by atoms with Crippen LogP contribution in [0.3, 0.4) is 0 Å². The van der Waals surface area contributed by atoms with Crippen LogP contribution in [0.2, 0.25) is 0 Å². The lowest BCUT2D eigenvalue weighted by Crippen LogP contribution is -2.30. The zero-order valence-electron chi connectivity index (χ0n) is 22.6. The predicted octanol–water partition coefficient (Wildman–Crippen LogP) is 5.70. The predicted molar refractivity (Wildman–Crippen MR) is 163 cm³/mol. The number of carboxylic acid groups (broad SMARTS) is 1. The van der Waals surface area contributed by atoms with E-state index < -0.39 is 23.0 Å². The number of aromatic carboxylic acids is 1. The quantitative estimate of drug-likeness (QED) is 0.132. The smallest absolute Gasteiger partial charge is 0.335 e. The molecule has 1 heterocycles. The summed E-state index contributed by atoms with van der Waals surface area (Å²) in [4.78, 5) is 55.0. The van der Waals surface area contributed by atoms with Crippen molar-refractivity contribution < 1.29 is 24.3 Å². The summed E-state index contributed by atoms with van der Waals surface area (Å²) in [5.41, 5.74) is 2.18. The number of nitrogens with one attached hydrogen (secondary N) is 3. The van der Waals surface area contributed by atoms with E-state index in [-0.39, 0.29) is 17.2 Å². The molecule has 4 N–H and O–H groups in total. The van der Waals surface area contributed by atoms with Gasteiger partial charge in [-0.15, -0.1) is 11.8 Å². The molecule has 3 amide bonds. The number of rotatable bonds is 11. The molecule has 0 saturated heterocycles. The lowest BCUT2D eigenvalue weighted by molar-refractivity contribution is -0.116. The van der Waals surface area contributed by atoms with Gasteiger partial charge < -0.3 is 21.1 Å². The molecular formula is C32H28N4O5S. The highest BCUT2D eigenvalue weighted by molar-refractivity contribution is 8.00. The molecule has 0 aliphatic heterocycles. The van der Waals surface area contributed by atoms with Crippen LogP contribution in [0.25, 0.3) is 6.08 Å². The molecule has 9 nitrogen and oxygen atoms in total. The summed E-state index contributed by atoms with van der Waals surface area (Å²) in [5.74, 6) is -2.23. The Bertz CT molecular complexity index is 1590. The van der Waals surface area contributed by atoms with Crippen molar-refractivity contribution in [3.63, 3.8) is 0 Å². The van der Waals surface area contributed by atoms with Gasteiger partial charge >= 0.3 is 5.97 Å². The van der Waals surface area contributed by atoms with Crippen LogP contribution in [0.15, 0.2) is 114 Å². The van der Waals surface area contributed by atoms with Crippen molar-refractivity contribution in [1.29, 1.82) is 0 Å². The molecular weight excluding hydrogens is 552 g/mol. The van der Waals surface area contributed by atoms with Crippen LogP contribution in [0, 0.1) is 0 Å². The number of amides is 3. The SMILES string of the molecule is CCC(Sc1cccc(NC(=O)/C(=C/c2cccnc2)NC(=O)c2ccccc2)c1)C(=O)Nc1ccc(C(=O)O)cc1. The molecule has 0 spiro atoms. The topological polar surface area (TPSA) is 137 Å².